The van der Waals surface area contributed by atoms with Crippen molar-refractivity contribution in [2.75, 3.05) is 7.11 Å². The topological polar surface area (TPSA) is 51.6 Å². The molecular formula is C16H17NO3. The third-order valence-corrected chi connectivity index (χ3v) is 3.54. The summed E-state index contributed by atoms with van der Waals surface area (Å²) in [6, 6.07) is 7.47. The second-order valence-electron chi connectivity index (χ2n) is 5.02. The van der Waals surface area contributed by atoms with Gasteiger partial charge in [0.2, 0.25) is 0 Å². The Bertz CT molecular complexity index is 613. The summed E-state index contributed by atoms with van der Waals surface area (Å²) in [5.41, 5.74) is 2.56. The van der Waals surface area contributed by atoms with Gasteiger partial charge in [0.25, 0.3) is 0 Å². The van der Waals surface area contributed by atoms with Crippen LogP contribution in [0.3, 0.4) is 0 Å². The fourth-order valence-electron chi connectivity index (χ4n) is 2.56. The zero-order valence-electron chi connectivity index (χ0n) is 11.5. The number of aliphatic hydroxyl groups is 1. The van der Waals surface area contributed by atoms with Crippen LogP contribution in [-0.2, 0) is 6.42 Å². The Balaban J connectivity index is 2.03. The minimum atomic E-state index is -0.775. The number of ether oxygens (including phenoxy) is 2. The lowest BCUT2D eigenvalue weighted by Crippen LogP contribution is -2.05. The van der Waals surface area contributed by atoms with E-state index in [2.05, 4.69) is 4.98 Å². The van der Waals surface area contributed by atoms with Crippen molar-refractivity contribution < 1.29 is 14.6 Å². The first-order valence-corrected chi connectivity index (χ1v) is 6.64. The maximum Gasteiger partial charge on any atom is 0.125 e. The maximum atomic E-state index is 10.5. The van der Waals surface area contributed by atoms with Crippen molar-refractivity contribution in [2.45, 2.75) is 25.6 Å². The second kappa shape index (κ2) is 5.13. The van der Waals surface area contributed by atoms with Crippen molar-refractivity contribution >= 4 is 0 Å². The average Bonchev–Trinajstić information content (AvgIpc) is 2.85. The van der Waals surface area contributed by atoms with Crippen LogP contribution in [-0.4, -0.2) is 23.3 Å². The lowest BCUT2D eigenvalue weighted by molar-refractivity contribution is 0.212. The maximum absolute atomic E-state index is 10.5. The minimum Gasteiger partial charge on any atom is -0.496 e. The highest BCUT2D eigenvalue weighted by atomic mass is 16.5. The molecule has 0 saturated carbocycles. The molecule has 4 heteroatoms. The number of fused-ring (bicyclic) bond motifs is 1. The first-order valence-electron chi connectivity index (χ1n) is 6.64. The molecule has 2 aromatic rings. The van der Waals surface area contributed by atoms with Gasteiger partial charge in [0.15, 0.2) is 0 Å². The highest BCUT2D eigenvalue weighted by Crippen LogP contribution is 2.39. The van der Waals surface area contributed by atoms with E-state index < -0.39 is 6.10 Å². The number of pyridine rings is 1. The minimum absolute atomic E-state index is 0.167. The van der Waals surface area contributed by atoms with Gasteiger partial charge in [-0.3, -0.25) is 4.98 Å². The Morgan fingerprint density at radius 3 is 3.00 bits per heavy atom. The Morgan fingerprint density at radius 1 is 1.45 bits per heavy atom. The fourth-order valence-corrected chi connectivity index (χ4v) is 2.56. The SMILES string of the molecule is COc1cc2c(cc1C(O)c1cccnc1)OC(C)C2. The molecule has 0 saturated heterocycles. The van der Waals surface area contributed by atoms with Crippen LogP contribution in [0.25, 0.3) is 0 Å². The monoisotopic (exact) mass is 271 g/mol. The van der Waals surface area contributed by atoms with Crippen LogP contribution < -0.4 is 9.47 Å². The summed E-state index contributed by atoms with van der Waals surface area (Å²) in [5.74, 6) is 1.51. The molecule has 104 valence electrons. The van der Waals surface area contributed by atoms with E-state index in [9.17, 15) is 5.11 Å². The van der Waals surface area contributed by atoms with Crippen LogP contribution in [0.1, 0.15) is 29.7 Å². The molecule has 2 unspecified atom stereocenters. The van der Waals surface area contributed by atoms with Crippen molar-refractivity contribution in [3.05, 3.63) is 53.3 Å². The molecular weight excluding hydrogens is 254 g/mol. The van der Waals surface area contributed by atoms with E-state index >= 15 is 0 Å². The molecule has 0 aliphatic carbocycles. The van der Waals surface area contributed by atoms with Crippen LogP contribution in [0, 0.1) is 0 Å². The van der Waals surface area contributed by atoms with Crippen molar-refractivity contribution in [1.82, 2.24) is 4.98 Å². The van der Waals surface area contributed by atoms with E-state index in [1.54, 1.807) is 25.6 Å². The molecule has 0 fully saturated rings. The number of methoxy groups -OCH3 is 1. The molecule has 1 aromatic heterocycles. The van der Waals surface area contributed by atoms with Crippen molar-refractivity contribution in [1.29, 1.82) is 0 Å². The van der Waals surface area contributed by atoms with E-state index in [-0.39, 0.29) is 6.10 Å². The van der Waals surface area contributed by atoms with Gasteiger partial charge in [-0.2, -0.15) is 0 Å². The number of aliphatic hydroxyl groups excluding tert-OH is 1. The number of aromatic nitrogens is 1. The van der Waals surface area contributed by atoms with E-state index in [0.29, 0.717) is 11.3 Å². The van der Waals surface area contributed by atoms with Crippen LogP contribution in [0.15, 0.2) is 36.7 Å². The summed E-state index contributed by atoms with van der Waals surface area (Å²) in [5, 5.41) is 10.5. The molecule has 3 rings (SSSR count). The summed E-state index contributed by atoms with van der Waals surface area (Å²) in [6.07, 6.45) is 3.60. The molecule has 0 radical (unpaired) electrons. The van der Waals surface area contributed by atoms with E-state index in [1.807, 2.05) is 25.1 Å². The van der Waals surface area contributed by atoms with E-state index in [4.69, 9.17) is 9.47 Å². The van der Waals surface area contributed by atoms with Gasteiger partial charge in [-0.15, -0.1) is 0 Å². The van der Waals surface area contributed by atoms with Gasteiger partial charge in [-0.1, -0.05) is 6.07 Å². The van der Waals surface area contributed by atoms with Gasteiger partial charge in [0, 0.05) is 35.5 Å². The van der Waals surface area contributed by atoms with Crippen LogP contribution >= 0.6 is 0 Å². The Labute approximate surface area is 118 Å². The molecule has 20 heavy (non-hydrogen) atoms. The lowest BCUT2D eigenvalue weighted by atomic mass is 9.99. The summed E-state index contributed by atoms with van der Waals surface area (Å²) < 4.78 is 11.2. The van der Waals surface area contributed by atoms with E-state index in [0.717, 1.165) is 23.3 Å². The third kappa shape index (κ3) is 2.23. The summed E-state index contributed by atoms with van der Waals surface area (Å²) in [6.45, 7) is 2.03. The van der Waals surface area contributed by atoms with Crippen LogP contribution in [0.5, 0.6) is 11.5 Å². The van der Waals surface area contributed by atoms with Gasteiger partial charge in [0.05, 0.1) is 7.11 Å². The molecule has 2 atom stereocenters. The number of hydrogen-bond donors (Lipinski definition) is 1. The predicted molar refractivity (Wildman–Crippen MR) is 75.1 cm³/mol. The highest BCUT2D eigenvalue weighted by Gasteiger charge is 2.24. The summed E-state index contributed by atoms with van der Waals surface area (Å²) in [7, 11) is 1.61. The van der Waals surface area contributed by atoms with Crippen molar-refractivity contribution in [3.8, 4) is 11.5 Å². The largest absolute Gasteiger partial charge is 0.496 e. The molecule has 0 spiro atoms. The number of nitrogens with zero attached hydrogens (tertiary/aromatic N) is 1. The molecule has 2 heterocycles. The smallest absolute Gasteiger partial charge is 0.125 e. The lowest BCUT2D eigenvalue weighted by Gasteiger charge is -2.16. The first-order chi connectivity index (χ1) is 9.69. The van der Waals surface area contributed by atoms with Crippen molar-refractivity contribution in [3.63, 3.8) is 0 Å². The molecule has 4 nitrogen and oxygen atoms in total. The van der Waals surface area contributed by atoms with E-state index in [1.165, 1.54) is 0 Å². The number of rotatable bonds is 3. The molecule has 0 amide bonds. The molecule has 1 aliphatic rings. The third-order valence-electron chi connectivity index (χ3n) is 3.54. The highest BCUT2D eigenvalue weighted by molar-refractivity contribution is 5.51. The summed E-state index contributed by atoms with van der Waals surface area (Å²) in [4.78, 5) is 4.04. The Kier molecular flexibility index (Phi) is 3.32. The molecule has 1 aromatic carbocycles. The zero-order valence-corrected chi connectivity index (χ0v) is 11.5. The average molecular weight is 271 g/mol. The normalized spacial score (nSPS) is 18.2. The second-order valence-corrected chi connectivity index (χ2v) is 5.02. The fraction of sp³-hybridized carbons (Fsp3) is 0.312. The van der Waals surface area contributed by atoms with Gasteiger partial charge in [-0.05, 0) is 25.1 Å². The number of benzene rings is 1. The zero-order chi connectivity index (χ0) is 14.1. The van der Waals surface area contributed by atoms with Gasteiger partial charge in [0.1, 0.15) is 23.7 Å². The predicted octanol–water partition coefficient (Wildman–Crippen LogP) is 2.50. The Morgan fingerprint density at radius 2 is 2.30 bits per heavy atom. The first kappa shape index (κ1) is 12.9. The molecule has 1 N–H and O–H groups in total. The van der Waals surface area contributed by atoms with Gasteiger partial charge < -0.3 is 14.6 Å². The van der Waals surface area contributed by atoms with Crippen LogP contribution in [0.2, 0.25) is 0 Å². The number of hydrogen-bond acceptors (Lipinski definition) is 4. The van der Waals surface area contributed by atoms with Gasteiger partial charge in [-0.25, -0.2) is 0 Å². The van der Waals surface area contributed by atoms with Gasteiger partial charge >= 0.3 is 0 Å². The van der Waals surface area contributed by atoms with Crippen LogP contribution in [0.4, 0.5) is 0 Å². The Hall–Kier alpha value is -2.07. The molecule has 0 bridgehead atoms. The quantitative estimate of drug-likeness (QED) is 0.932. The standard InChI is InChI=1S/C16H17NO3/c1-10-6-12-7-15(19-2)13(8-14(12)20-10)16(18)11-4-3-5-17-9-11/h3-5,7-10,16,18H,6H2,1-2H3. The van der Waals surface area contributed by atoms with Crippen molar-refractivity contribution in [2.24, 2.45) is 0 Å². The summed E-state index contributed by atoms with van der Waals surface area (Å²) >= 11 is 0. The molecule has 1 aliphatic heterocycles.